The van der Waals surface area contributed by atoms with Gasteiger partial charge < -0.3 is 26.0 Å². The van der Waals surface area contributed by atoms with Gasteiger partial charge in [0.05, 0.1) is 26.2 Å². The highest BCUT2D eigenvalue weighted by molar-refractivity contribution is 5.93. The normalized spacial score (nSPS) is 11.6. The molecule has 10 heteroatoms. The van der Waals surface area contributed by atoms with Crippen molar-refractivity contribution in [2.75, 3.05) is 32.8 Å². The van der Waals surface area contributed by atoms with Crippen molar-refractivity contribution in [1.82, 2.24) is 21.3 Å². The van der Waals surface area contributed by atoms with Gasteiger partial charge in [0, 0.05) is 25.4 Å². The minimum Gasteiger partial charge on any atom is -0.381 e. The second-order valence-corrected chi connectivity index (χ2v) is 8.92. The van der Waals surface area contributed by atoms with E-state index in [4.69, 9.17) is 4.74 Å². The molecule has 0 spiro atoms. The molecule has 1 aromatic carbocycles. The minimum atomic E-state index is -0.924. The fraction of sp³-hybridized carbons (Fsp3) is 0.560. The lowest BCUT2D eigenvalue weighted by atomic mass is 10.0. The fourth-order valence-corrected chi connectivity index (χ4v) is 2.80. The number of ketones is 1. The van der Waals surface area contributed by atoms with Crippen molar-refractivity contribution in [1.29, 1.82) is 0 Å². The third kappa shape index (κ3) is 13.9. The Morgan fingerprint density at radius 1 is 0.800 bits per heavy atom. The van der Waals surface area contributed by atoms with Gasteiger partial charge in [-0.15, -0.1) is 0 Å². The van der Waals surface area contributed by atoms with Gasteiger partial charge in [-0.2, -0.15) is 0 Å². The van der Waals surface area contributed by atoms with Gasteiger partial charge in [0.25, 0.3) is 0 Å². The van der Waals surface area contributed by atoms with E-state index in [-0.39, 0.29) is 56.7 Å². The molecule has 0 aliphatic heterocycles. The number of ether oxygens (including phenoxy) is 1. The Labute approximate surface area is 206 Å². The highest BCUT2D eigenvalue weighted by atomic mass is 16.5. The Morgan fingerprint density at radius 2 is 1.43 bits per heavy atom. The maximum Gasteiger partial charge on any atom is 0.243 e. The SMILES string of the molecule is CC(C)COCCC(=O)NCC(=O)NCC(=O)N[C@@H](Cc1ccccc1)C(=O)NCC(=O)C(C)C. The van der Waals surface area contributed by atoms with Crippen LogP contribution < -0.4 is 21.3 Å². The Hall–Kier alpha value is -3.27. The Kier molecular flexibility index (Phi) is 13.9. The van der Waals surface area contributed by atoms with E-state index in [0.717, 1.165) is 5.56 Å². The molecular weight excluding hydrogens is 452 g/mol. The molecule has 0 aliphatic carbocycles. The molecule has 0 heterocycles. The minimum absolute atomic E-state index is 0.121. The molecule has 0 aromatic heterocycles. The van der Waals surface area contributed by atoms with E-state index < -0.39 is 23.8 Å². The molecule has 0 bridgehead atoms. The fourth-order valence-electron chi connectivity index (χ4n) is 2.80. The first-order valence-electron chi connectivity index (χ1n) is 11.8. The molecule has 0 fully saturated rings. The van der Waals surface area contributed by atoms with E-state index in [0.29, 0.717) is 12.5 Å². The first kappa shape index (κ1) is 29.8. The average Bonchev–Trinajstić information content (AvgIpc) is 2.82. The molecule has 4 amide bonds. The first-order valence-corrected chi connectivity index (χ1v) is 11.8. The zero-order valence-electron chi connectivity index (χ0n) is 21.0. The van der Waals surface area contributed by atoms with Crippen LogP contribution in [0, 0.1) is 11.8 Å². The van der Waals surface area contributed by atoms with Crippen molar-refractivity contribution in [3.8, 4) is 0 Å². The van der Waals surface area contributed by atoms with Crippen LogP contribution in [0.25, 0.3) is 0 Å². The van der Waals surface area contributed by atoms with Crippen molar-refractivity contribution < 1.29 is 28.7 Å². The number of carbonyl (C=O) groups excluding carboxylic acids is 5. The van der Waals surface area contributed by atoms with Crippen LogP contribution >= 0.6 is 0 Å². The molecule has 10 nitrogen and oxygen atoms in total. The second kappa shape index (κ2) is 16.4. The predicted molar refractivity (Wildman–Crippen MR) is 131 cm³/mol. The molecular formula is C25H38N4O6. The molecule has 0 radical (unpaired) electrons. The highest BCUT2D eigenvalue weighted by Gasteiger charge is 2.22. The van der Waals surface area contributed by atoms with Gasteiger partial charge in [-0.05, 0) is 11.5 Å². The number of carbonyl (C=O) groups is 5. The largest absolute Gasteiger partial charge is 0.381 e. The van der Waals surface area contributed by atoms with Crippen molar-refractivity contribution in [3.63, 3.8) is 0 Å². The summed E-state index contributed by atoms with van der Waals surface area (Å²) in [5.41, 5.74) is 0.826. The highest BCUT2D eigenvalue weighted by Crippen LogP contribution is 2.04. The van der Waals surface area contributed by atoms with Crippen LogP contribution in [0.3, 0.4) is 0 Å². The summed E-state index contributed by atoms with van der Waals surface area (Å²) in [6.45, 7) is 7.54. The maximum absolute atomic E-state index is 12.6. The lowest BCUT2D eigenvalue weighted by Crippen LogP contribution is -2.52. The number of hydrogen-bond donors (Lipinski definition) is 4. The summed E-state index contributed by atoms with van der Waals surface area (Å²) in [4.78, 5) is 60.6. The third-order valence-electron chi connectivity index (χ3n) is 4.83. The van der Waals surface area contributed by atoms with E-state index >= 15 is 0 Å². The number of Topliss-reactive ketones (excluding diaryl/α,β-unsaturated/α-hetero) is 1. The molecule has 0 aliphatic rings. The number of rotatable bonds is 16. The molecule has 1 rings (SSSR count). The summed E-state index contributed by atoms with van der Waals surface area (Å²) >= 11 is 0. The lowest BCUT2D eigenvalue weighted by Gasteiger charge is -2.19. The van der Waals surface area contributed by atoms with Gasteiger partial charge in [-0.1, -0.05) is 58.0 Å². The molecule has 35 heavy (non-hydrogen) atoms. The number of hydrogen-bond acceptors (Lipinski definition) is 6. The van der Waals surface area contributed by atoms with Gasteiger partial charge in [0.1, 0.15) is 6.04 Å². The van der Waals surface area contributed by atoms with E-state index in [1.807, 2.05) is 44.2 Å². The summed E-state index contributed by atoms with van der Waals surface area (Å²) in [6, 6.07) is 8.20. The van der Waals surface area contributed by atoms with Crippen molar-refractivity contribution in [2.24, 2.45) is 11.8 Å². The molecule has 1 atom stereocenters. The van der Waals surface area contributed by atoms with E-state index in [2.05, 4.69) is 21.3 Å². The molecule has 4 N–H and O–H groups in total. The summed E-state index contributed by atoms with van der Waals surface area (Å²) in [5.74, 6) is -1.90. The summed E-state index contributed by atoms with van der Waals surface area (Å²) in [7, 11) is 0. The maximum atomic E-state index is 12.6. The summed E-state index contributed by atoms with van der Waals surface area (Å²) in [5, 5.41) is 10.0. The third-order valence-corrected chi connectivity index (χ3v) is 4.83. The molecule has 0 saturated carbocycles. The van der Waals surface area contributed by atoms with E-state index in [1.165, 1.54) is 0 Å². The molecule has 1 aromatic rings. The van der Waals surface area contributed by atoms with Crippen LogP contribution in [-0.2, 0) is 35.1 Å². The van der Waals surface area contributed by atoms with Gasteiger partial charge >= 0.3 is 0 Å². The van der Waals surface area contributed by atoms with Crippen molar-refractivity contribution in [3.05, 3.63) is 35.9 Å². The van der Waals surface area contributed by atoms with Crippen molar-refractivity contribution >= 4 is 29.4 Å². The Morgan fingerprint density at radius 3 is 2.06 bits per heavy atom. The Balaban J connectivity index is 2.49. The first-order chi connectivity index (χ1) is 16.6. The molecule has 194 valence electrons. The van der Waals surface area contributed by atoms with Gasteiger partial charge in [0.15, 0.2) is 5.78 Å². The van der Waals surface area contributed by atoms with Crippen LogP contribution in [0.2, 0.25) is 0 Å². The Bertz CT molecular complexity index is 842. The smallest absolute Gasteiger partial charge is 0.243 e. The topological polar surface area (TPSA) is 143 Å². The van der Waals surface area contributed by atoms with Crippen LogP contribution in [0.5, 0.6) is 0 Å². The van der Waals surface area contributed by atoms with Gasteiger partial charge in [0.2, 0.25) is 23.6 Å². The zero-order chi connectivity index (χ0) is 26.2. The monoisotopic (exact) mass is 490 g/mol. The quantitative estimate of drug-likeness (QED) is 0.246. The second-order valence-electron chi connectivity index (χ2n) is 8.92. The lowest BCUT2D eigenvalue weighted by molar-refractivity contribution is -0.131. The van der Waals surface area contributed by atoms with Gasteiger partial charge in [-0.3, -0.25) is 24.0 Å². The van der Waals surface area contributed by atoms with Crippen molar-refractivity contribution in [2.45, 2.75) is 46.6 Å². The van der Waals surface area contributed by atoms with Crippen LogP contribution in [0.1, 0.15) is 39.7 Å². The predicted octanol–water partition coefficient (Wildman–Crippen LogP) is 0.350. The average molecular weight is 491 g/mol. The summed E-state index contributed by atoms with van der Waals surface area (Å²) < 4.78 is 5.33. The van der Waals surface area contributed by atoms with Crippen LogP contribution in [0.15, 0.2) is 30.3 Å². The molecule has 0 saturated heterocycles. The van der Waals surface area contributed by atoms with Crippen LogP contribution in [0.4, 0.5) is 0 Å². The van der Waals surface area contributed by atoms with E-state index in [9.17, 15) is 24.0 Å². The van der Waals surface area contributed by atoms with Crippen LogP contribution in [-0.4, -0.2) is 68.3 Å². The summed E-state index contributed by atoms with van der Waals surface area (Å²) in [6.07, 6.45) is 0.354. The van der Waals surface area contributed by atoms with Gasteiger partial charge in [-0.25, -0.2) is 0 Å². The number of benzene rings is 1. The van der Waals surface area contributed by atoms with E-state index in [1.54, 1.807) is 13.8 Å². The molecule has 0 unspecified atom stereocenters. The number of amides is 4. The zero-order valence-corrected chi connectivity index (χ0v) is 21.0. The standard InChI is InChI=1S/C25H38N4O6/c1-17(2)16-35-11-10-22(31)26-14-23(32)27-15-24(33)29-20(12-19-8-6-5-7-9-19)25(34)28-13-21(30)18(3)4/h5-9,17-18,20H,10-16H2,1-4H3,(H,26,31)(H,27,32)(H,28,34)(H,29,33)/t20-/m0/s1. The number of nitrogens with one attached hydrogen (secondary N) is 4.